The van der Waals surface area contributed by atoms with Gasteiger partial charge in [-0.2, -0.15) is 0 Å². The maximum absolute atomic E-state index is 5.72. The lowest BCUT2D eigenvalue weighted by Gasteiger charge is -2.14. The maximum atomic E-state index is 5.72. The molecule has 0 amide bonds. The minimum atomic E-state index is 0.299. The van der Waals surface area contributed by atoms with Crippen LogP contribution in [0.3, 0.4) is 0 Å². The number of halogens is 1. The minimum Gasteiger partial charge on any atom is -0.493 e. The van der Waals surface area contributed by atoms with E-state index in [0.29, 0.717) is 6.04 Å². The highest BCUT2D eigenvalue weighted by Crippen LogP contribution is 2.23. The molecule has 94 valence electrons. The van der Waals surface area contributed by atoms with E-state index in [4.69, 9.17) is 4.74 Å². The van der Waals surface area contributed by atoms with Crippen LogP contribution in [-0.2, 0) is 6.54 Å². The van der Waals surface area contributed by atoms with Gasteiger partial charge in [0.15, 0.2) is 0 Å². The Hall–Kier alpha value is -0.800. The Morgan fingerprint density at radius 1 is 1.53 bits per heavy atom. The predicted octanol–water partition coefficient (Wildman–Crippen LogP) is 3.90. The number of hydrogen-bond donors (Lipinski definition) is 1. The standard InChI is InChI=1S/C14H20BrNO/c1-4-8-17-14-7-6-13(15)9-12(14)10-16-11(3)5-2/h5-7,9,11,16H,2,4,8,10H2,1,3H3. The fourth-order valence-corrected chi connectivity index (χ4v) is 1.80. The van der Waals surface area contributed by atoms with Gasteiger partial charge in [-0.1, -0.05) is 28.9 Å². The Labute approximate surface area is 112 Å². The van der Waals surface area contributed by atoms with E-state index in [9.17, 15) is 0 Å². The summed E-state index contributed by atoms with van der Waals surface area (Å²) in [6, 6.07) is 6.40. The zero-order chi connectivity index (χ0) is 12.7. The summed E-state index contributed by atoms with van der Waals surface area (Å²) in [6.45, 7) is 9.49. The molecule has 0 saturated carbocycles. The monoisotopic (exact) mass is 297 g/mol. The summed E-state index contributed by atoms with van der Waals surface area (Å²) < 4.78 is 6.79. The van der Waals surface area contributed by atoms with Gasteiger partial charge in [0.2, 0.25) is 0 Å². The Kier molecular flexibility index (Phi) is 6.30. The van der Waals surface area contributed by atoms with Gasteiger partial charge in [-0.3, -0.25) is 0 Å². The number of hydrogen-bond acceptors (Lipinski definition) is 2. The Morgan fingerprint density at radius 2 is 2.29 bits per heavy atom. The van der Waals surface area contributed by atoms with Crippen molar-refractivity contribution >= 4 is 15.9 Å². The second-order valence-corrected chi connectivity index (χ2v) is 4.92. The Balaban J connectivity index is 2.72. The third kappa shape index (κ3) is 4.92. The molecule has 0 aliphatic rings. The van der Waals surface area contributed by atoms with Crippen LogP contribution in [0.25, 0.3) is 0 Å². The van der Waals surface area contributed by atoms with Crippen LogP contribution in [0.2, 0.25) is 0 Å². The van der Waals surface area contributed by atoms with Gasteiger partial charge in [0.1, 0.15) is 5.75 Å². The lowest BCUT2D eigenvalue weighted by molar-refractivity contribution is 0.313. The summed E-state index contributed by atoms with van der Waals surface area (Å²) in [5.74, 6) is 0.957. The van der Waals surface area contributed by atoms with E-state index < -0.39 is 0 Å². The van der Waals surface area contributed by atoms with Crippen LogP contribution >= 0.6 is 15.9 Å². The van der Waals surface area contributed by atoms with E-state index in [2.05, 4.69) is 47.7 Å². The van der Waals surface area contributed by atoms with Crippen molar-refractivity contribution in [1.82, 2.24) is 5.32 Å². The third-order valence-corrected chi connectivity index (χ3v) is 2.95. The van der Waals surface area contributed by atoms with Gasteiger partial charge in [0, 0.05) is 22.6 Å². The van der Waals surface area contributed by atoms with Crippen molar-refractivity contribution in [1.29, 1.82) is 0 Å². The molecular weight excluding hydrogens is 278 g/mol. The van der Waals surface area contributed by atoms with Gasteiger partial charge >= 0.3 is 0 Å². The molecule has 1 N–H and O–H groups in total. The van der Waals surface area contributed by atoms with Crippen LogP contribution in [-0.4, -0.2) is 12.6 Å². The first-order chi connectivity index (χ1) is 8.17. The average molecular weight is 298 g/mol. The zero-order valence-corrected chi connectivity index (χ0v) is 12.1. The van der Waals surface area contributed by atoms with Crippen molar-refractivity contribution in [3.05, 3.63) is 40.9 Å². The predicted molar refractivity (Wildman–Crippen MR) is 76.4 cm³/mol. The van der Waals surface area contributed by atoms with Gasteiger partial charge in [0.25, 0.3) is 0 Å². The Morgan fingerprint density at radius 3 is 2.94 bits per heavy atom. The van der Waals surface area contributed by atoms with Gasteiger partial charge in [-0.05, 0) is 31.5 Å². The number of nitrogens with one attached hydrogen (secondary N) is 1. The van der Waals surface area contributed by atoms with Crippen molar-refractivity contribution < 1.29 is 4.74 Å². The van der Waals surface area contributed by atoms with E-state index in [-0.39, 0.29) is 0 Å². The lowest BCUT2D eigenvalue weighted by atomic mass is 10.2. The second-order valence-electron chi connectivity index (χ2n) is 4.01. The quantitative estimate of drug-likeness (QED) is 0.771. The molecule has 0 spiro atoms. The van der Waals surface area contributed by atoms with Crippen LogP contribution in [0.15, 0.2) is 35.3 Å². The van der Waals surface area contributed by atoms with E-state index in [0.717, 1.165) is 29.8 Å². The summed E-state index contributed by atoms with van der Waals surface area (Å²) in [4.78, 5) is 0. The first kappa shape index (κ1) is 14.3. The third-order valence-electron chi connectivity index (χ3n) is 2.45. The van der Waals surface area contributed by atoms with Gasteiger partial charge in [-0.15, -0.1) is 6.58 Å². The molecule has 1 aromatic rings. The van der Waals surface area contributed by atoms with Crippen LogP contribution in [0, 0.1) is 0 Å². The van der Waals surface area contributed by atoms with Gasteiger partial charge < -0.3 is 10.1 Å². The molecule has 0 saturated heterocycles. The highest BCUT2D eigenvalue weighted by Gasteiger charge is 2.05. The molecule has 1 unspecified atom stereocenters. The molecule has 1 rings (SSSR count). The summed E-state index contributed by atoms with van der Waals surface area (Å²) in [7, 11) is 0. The summed E-state index contributed by atoms with van der Waals surface area (Å²) in [5.41, 5.74) is 1.17. The summed E-state index contributed by atoms with van der Waals surface area (Å²) in [6.07, 6.45) is 2.91. The largest absolute Gasteiger partial charge is 0.493 e. The van der Waals surface area contributed by atoms with Crippen molar-refractivity contribution in [3.63, 3.8) is 0 Å². The van der Waals surface area contributed by atoms with E-state index >= 15 is 0 Å². The molecular formula is C14H20BrNO. The van der Waals surface area contributed by atoms with E-state index in [1.54, 1.807) is 0 Å². The minimum absolute atomic E-state index is 0.299. The summed E-state index contributed by atoms with van der Waals surface area (Å²) in [5, 5.41) is 3.37. The van der Waals surface area contributed by atoms with Crippen molar-refractivity contribution in [2.24, 2.45) is 0 Å². The first-order valence-electron chi connectivity index (χ1n) is 5.94. The van der Waals surface area contributed by atoms with Crippen LogP contribution in [0.1, 0.15) is 25.8 Å². The molecule has 1 atom stereocenters. The van der Waals surface area contributed by atoms with Crippen LogP contribution < -0.4 is 10.1 Å². The van der Waals surface area contributed by atoms with Crippen molar-refractivity contribution in [3.8, 4) is 5.75 Å². The van der Waals surface area contributed by atoms with Gasteiger partial charge in [0.05, 0.1) is 6.61 Å². The first-order valence-corrected chi connectivity index (χ1v) is 6.73. The molecule has 2 nitrogen and oxygen atoms in total. The number of rotatable bonds is 7. The van der Waals surface area contributed by atoms with E-state index in [1.807, 2.05) is 18.2 Å². The normalized spacial score (nSPS) is 12.2. The molecule has 17 heavy (non-hydrogen) atoms. The number of benzene rings is 1. The molecule has 0 fully saturated rings. The molecule has 0 bridgehead atoms. The van der Waals surface area contributed by atoms with Gasteiger partial charge in [-0.25, -0.2) is 0 Å². The highest BCUT2D eigenvalue weighted by atomic mass is 79.9. The number of ether oxygens (including phenoxy) is 1. The van der Waals surface area contributed by atoms with Crippen molar-refractivity contribution in [2.45, 2.75) is 32.9 Å². The fraction of sp³-hybridized carbons (Fsp3) is 0.429. The molecule has 0 radical (unpaired) electrons. The fourth-order valence-electron chi connectivity index (χ4n) is 1.39. The van der Waals surface area contributed by atoms with Crippen molar-refractivity contribution in [2.75, 3.05) is 6.61 Å². The molecule has 0 aliphatic heterocycles. The van der Waals surface area contributed by atoms with E-state index in [1.165, 1.54) is 5.56 Å². The SMILES string of the molecule is C=CC(C)NCc1cc(Br)ccc1OCCC. The molecule has 1 aromatic carbocycles. The lowest BCUT2D eigenvalue weighted by Crippen LogP contribution is -2.23. The second kappa shape index (κ2) is 7.51. The molecule has 0 heterocycles. The maximum Gasteiger partial charge on any atom is 0.123 e. The zero-order valence-electron chi connectivity index (χ0n) is 10.5. The summed E-state index contributed by atoms with van der Waals surface area (Å²) >= 11 is 3.49. The van der Waals surface area contributed by atoms with Crippen LogP contribution in [0.5, 0.6) is 5.75 Å². The topological polar surface area (TPSA) is 21.3 Å². The molecule has 0 aromatic heterocycles. The Bertz CT molecular complexity index is 365. The average Bonchev–Trinajstić information content (AvgIpc) is 2.34. The smallest absolute Gasteiger partial charge is 0.123 e. The highest BCUT2D eigenvalue weighted by molar-refractivity contribution is 9.10. The van der Waals surface area contributed by atoms with Crippen LogP contribution in [0.4, 0.5) is 0 Å². The molecule has 0 aliphatic carbocycles. The molecule has 3 heteroatoms.